The fourth-order valence-corrected chi connectivity index (χ4v) is 2.42. The van der Waals surface area contributed by atoms with Crippen LogP contribution in [0.3, 0.4) is 0 Å². The zero-order valence-electron chi connectivity index (χ0n) is 12.6. The van der Waals surface area contributed by atoms with Gasteiger partial charge >= 0.3 is 6.09 Å². The molecule has 112 valence electrons. The average Bonchev–Trinajstić information content (AvgIpc) is 2.34. The van der Waals surface area contributed by atoms with E-state index in [4.69, 9.17) is 15.2 Å². The number of carbonyl (C=O) groups is 1. The molecule has 5 heteroatoms. The van der Waals surface area contributed by atoms with Crippen LogP contribution >= 0.6 is 0 Å². The Balaban J connectivity index is 2.56. The van der Waals surface area contributed by atoms with Crippen molar-refractivity contribution in [2.45, 2.75) is 52.2 Å². The molecule has 0 aromatic carbocycles. The first-order chi connectivity index (χ1) is 8.87. The molecule has 1 aliphatic heterocycles. The fraction of sp³-hybridized carbons (Fsp3) is 0.929. The number of amides is 1. The summed E-state index contributed by atoms with van der Waals surface area (Å²) in [6.07, 6.45) is 1.84. The first-order valence-corrected chi connectivity index (χ1v) is 7.17. The summed E-state index contributed by atoms with van der Waals surface area (Å²) in [6.45, 7) is 10.2. The Hall–Kier alpha value is -0.810. The van der Waals surface area contributed by atoms with Gasteiger partial charge in [-0.05, 0) is 40.5 Å². The number of nitrogens with two attached hydrogens (primary N) is 1. The van der Waals surface area contributed by atoms with Gasteiger partial charge in [-0.15, -0.1) is 0 Å². The summed E-state index contributed by atoms with van der Waals surface area (Å²) in [6, 6.07) is 0. The van der Waals surface area contributed by atoms with Crippen molar-refractivity contribution >= 4 is 6.09 Å². The predicted molar refractivity (Wildman–Crippen MR) is 75.0 cm³/mol. The molecule has 1 rings (SSSR count). The van der Waals surface area contributed by atoms with Crippen LogP contribution in [0.2, 0.25) is 0 Å². The Kier molecular flexibility index (Phi) is 6.07. The number of hydrogen-bond acceptors (Lipinski definition) is 4. The van der Waals surface area contributed by atoms with Crippen molar-refractivity contribution in [1.29, 1.82) is 0 Å². The predicted octanol–water partition coefficient (Wildman–Crippen LogP) is 2.00. The monoisotopic (exact) mass is 272 g/mol. The zero-order chi connectivity index (χ0) is 14.5. The molecule has 0 saturated carbocycles. The molecule has 2 atom stereocenters. The maximum Gasteiger partial charge on any atom is 0.410 e. The molecule has 0 aromatic rings. The highest BCUT2D eigenvalue weighted by Gasteiger charge is 2.31. The van der Waals surface area contributed by atoms with E-state index in [9.17, 15) is 4.79 Å². The summed E-state index contributed by atoms with van der Waals surface area (Å²) < 4.78 is 11.1. The van der Waals surface area contributed by atoms with Crippen molar-refractivity contribution in [3.05, 3.63) is 0 Å². The smallest absolute Gasteiger partial charge is 0.410 e. The molecule has 0 radical (unpaired) electrons. The number of hydrogen-bond donors (Lipinski definition) is 1. The van der Waals surface area contributed by atoms with Gasteiger partial charge in [-0.25, -0.2) is 4.79 Å². The summed E-state index contributed by atoms with van der Waals surface area (Å²) >= 11 is 0. The molecule has 1 fully saturated rings. The summed E-state index contributed by atoms with van der Waals surface area (Å²) in [5.74, 6) is 0.311. The maximum atomic E-state index is 12.1. The molecule has 1 heterocycles. The lowest BCUT2D eigenvalue weighted by molar-refractivity contribution is -0.0167. The Morgan fingerprint density at radius 2 is 2.16 bits per heavy atom. The molecule has 0 bridgehead atoms. The third-order valence-electron chi connectivity index (χ3n) is 3.25. The molecule has 0 aromatic heterocycles. The van der Waals surface area contributed by atoms with E-state index in [0.717, 1.165) is 19.4 Å². The lowest BCUT2D eigenvalue weighted by Crippen LogP contribution is -2.47. The van der Waals surface area contributed by atoms with E-state index in [0.29, 0.717) is 25.6 Å². The molecule has 19 heavy (non-hydrogen) atoms. The average molecular weight is 272 g/mol. The molecule has 5 nitrogen and oxygen atoms in total. The lowest BCUT2D eigenvalue weighted by atomic mass is 9.92. The molecule has 1 amide bonds. The topological polar surface area (TPSA) is 64.8 Å². The van der Waals surface area contributed by atoms with Crippen LogP contribution in [-0.2, 0) is 9.47 Å². The Labute approximate surface area is 116 Å². The summed E-state index contributed by atoms with van der Waals surface area (Å²) in [4.78, 5) is 13.8. The van der Waals surface area contributed by atoms with E-state index in [-0.39, 0.29) is 12.2 Å². The number of rotatable bonds is 4. The van der Waals surface area contributed by atoms with Crippen molar-refractivity contribution < 1.29 is 14.3 Å². The molecule has 2 unspecified atom stereocenters. The number of nitrogens with zero attached hydrogens (tertiary/aromatic N) is 1. The number of likely N-dealkylation sites (tertiary alicyclic amines) is 1. The second-order valence-electron chi connectivity index (χ2n) is 6.06. The highest BCUT2D eigenvalue weighted by molar-refractivity contribution is 5.68. The molecule has 0 aliphatic carbocycles. The van der Waals surface area contributed by atoms with E-state index in [2.05, 4.69) is 0 Å². The van der Waals surface area contributed by atoms with Gasteiger partial charge in [-0.1, -0.05) is 0 Å². The molecule has 2 N–H and O–H groups in total. The Bertz CT molecular complexity index is 289. The van der Waals surface area contributed by atoms with Crippen LogP contribution in [0.4, 0.5) is 4.79 Å². The van der Waals surface area contributed by atoms with Crippen LogP contribution in [0, 0.1) is 5.92 Å². The van der Waals surface area contributed by atoms with Crippen LogP contribution in [0.1, 0.15) is 40.5 Å². The third-order valence-corrected chi connectivity index (χ3v) is 3.25. The largest absolute Gasteiger partial charge is 0.444 e. The van der Waals surface area contributed by atoms with Gasteiger partial charge in [0.1, 0.15) is 5.60 Å². The van der Waals surface area contributed by atoms with E-state index in [1.54, 1.807) is 4.90 Å². The van der Waals surface area contributed by atoms with E-state index < -0.39 is 5.60 Å². The number of piperidine rings is 1. The number of carbonyl (C=O) groups excluding carboxylic acids is 1. The van der Waals surface area contributed by atoms with Crippen LogP contribution in [0.15, 0.2) is 0 Å². The fourth-order valence-electron chi connectivity index (χ4n) is 2.42. The van der Waals surface area contributed by atoms with Crippen molar-refractivity contribution in [1.82, 2.24) is 4.90 Å². The van der Waals surface area contributed by atoms with Gasteiger partial charge in [-0.2, -0.15) is 0 Å². The minimum Gasteiger partial charge on any atom is -0.444 e. The van der Waals surface area contributed by atoms with Gasteiger partial charge in [0.25, 0.3) is 0 Å². The van der Waals surface area contributed by atoms with Gasteiger partial charge in [0.05, 0.1) is 6.10 Å². The quantitative estimate of drug-likeness (QED) is 0.850. The summed E-state index contributed by atoms with van der Waals surface area (Å²) in [7, 11) is 0. The van der Waals surface area contributed by atoms with Crippen molar-refractivity contribution in [2.24, 2.45) is 11.7 Å². The molecule has 1 saturated heterocycles. The first-order valence-electron chi connectivity index (χ1n) is 7.17. The summed E-state index contributed by atoms with van der Waals surface area (Å²) in [5.41, 5.74) is 5.31. The van der Waals surface area contributed by atoms with Crippen molar-refractivity contribution in [3.63, 3.8) is 0 Å². The Morgan fingerprint density at radius 3 is 2.68 bits per heavy atom. The normalized spacial score (nSPS) is 22.2. The highest BCUT2D eigenvalue weighted by atomic mass is 16.6. The second-order valence-corrected chi connectivity index (χ2v) is 6.06. The highest BCUT2D eigenvalue weighted by Crippen LogP contribution is 2.23. The van der Waals surface area contributed by atoms with Gasteiger partial charge < -0.3 is 20.1 Å². The van der Waals surface area contributed by atoms with Gasteiger partial charge in [0.2, 0.25) is 0 Å². The van der Waals surface area contributed by atoms with Gasteiger partial charge in [-0.3, -0.25) is 0 Å². The lowest BCUT2D eigenvalue weighted by Gasteiger charge is -2.37. The molecule has 1 aliphatic rings. The molecular formula is C14H28N2O3. The SMILES string of the molecule is CCOC(CN)C1CCCN(C(=O)OC(C)(C)C)C1. The number of ether oxygens (including phenoxy) is 2. The third kappa shape index (κ3) is 5.37. The Morgan fingerprint density at radius 1 is 1.47 bits per heavy atom. The van der Waals surface area contributed by atoms with Crippen molar-refractivity contribution in [2.75, 3.05) is 26.2 Å². The summed E-state index contributed by atoms with van der Waals surface area (Å²) in [5, 5.41) is 0. The van der Waals surface area contributed by atoms with Gasteiger partial charge in [0, 0.05) is 32.2 Å². The minimum absolute atomic E-state index is 0.0373. The molecular weight excluding hydrogens is 244 g/mol. The second kappa shape index (κ2) is 7.10. The zero-order valence-corrected chi connectivity index (χ0v) is 12.6. The van der Waals surface area contributed by atoms with E-state index in [1.807, 2.05) is 27.7 Å². The van der Waals surface area contributed by atoms with E-state index >= 15 is 0 Å². The molecule has 0 spiro atoms. The minimum atomic E-state index is -0.447. The first kappa shape index (κ1) is 16.2. The van der Waals surface area contributed by atoms with Crippen LogP contribution < -0.4 is 5.73 Å². The van der Waals surface area contributed by atoms with Crippen LogP contribution in [-0.4, -0.2) is 48.9 Å². The van der Waals surface area contributed by atoms with E-state index in [1.165, 1.54) is 0 Å². The standard InChI is InChI=1S/C14H28N2O3/c1-5-18-12(9-15)11-7-6-8-16(10-11)13(17)19-14(2,3)4/h11-12H,5-10,15H2,1-4H3. The van der Waals surface area contributed by atoms with Crippen LogP contribution in [0.5, 0.6) is 0 Å². The van der Waals surface area contributed by atoms with Crippen LogP contribution in [0.25, 0.3) is 0 Å². The van der Waals surface area contributed by atoms with Gasteiger partial charge in [0.15, 0.2) is 0 Å². The maximum absolute atomic E-state index is 12.1. The van der Waals surface area contributed by atoms with Crippen molar-refractivity contribution in [3.8, 4) is 0 Å².